The zero-order valence-electron chi connectivity index (χ0n) is 12.2. The number of carbonyl (C=O) groups is 2. The summed E-state index contributed by atoms with van der Waals surface area (Å²) in [5.74, 6) is 0.316. The first kappa shape index (κ1) is 15.5. The van der Waals surface area contributed by atoms with E-state index in [0.29, 0.717) is 19.7 Å². The average molecular weight is 291 g/mol. The lowest BCUT2D eigenvalue weighted by atomic mass is 10.2. The Morgan fingerprint density at radius 2 is 2.24 bits per heavy atom. The number of imide groups is 1. The molecular formula is C15H21N3O3. The standard InChI is InChI=1S/C15H21N3O3/c1-11-15(20)17-14(19)10-18(11)6-3-7-21-13-5-2-4-12(8-13)9-16/h2,4-5,8,11H,3,6-7,9-10,16H2,1H3,(H,17,19,20). The molecule has 0 aromatic heterocycles. The second-order valence-electron chi connectivity index (χ2n) is 5.11. The number of nitrogens with zero attached hydrogens (tertiary/aromatic N) is 1. The number of hydrogen-bond donors (Lipinski definition) is 2. The van der Waals surface area contributed by atoms with Gasteiger partial charge in [-0.1, -0.05) is 12.1 Å². The number of carbonyl (C=O) groups excluding carboxylic acids is 2. The highest BCUT2D eigenvalue weighted by atomic mass is 16.5. The van der Waals surface area contributed by atoms with E-state index < -0.39 is 0 Å². The number of nitrogens with two attached hydrogens (primary N) is 1. The van der Waals surface area contributed by atoms with E-state index in [0.717, 1.165) is 17.7 Å². The van der Waals surface area contributed by atoms with Crippen LogP contribution in [0.3, 0.4) is 0 Å². The molecular weight excluding hydrogens is 270 g/mol. The Balaban J connectivity index is 1.76. The molecule has 1 aliphatic heterocycles. The van der Waals surface area contributed by atoms with Crippen LogP contribution in [-0.2, 0) is 16.1 Å². The van der Waals surface area contributed by atoms with Crippen molar-refractivity contribution in [1.29, 1.82) is 0 Å². The van der Waals surface area contributed by atoms with Crippen LogP contribution in [0.25, 0.3) is 0 Å². The molecule has 21 heavy (non-hydrogen) atoms. The molecule has 0 spiro atoms. The van der Waals surface area contributed by atoms with E-state index in [1.807, 2.05) is 29.2 Å². The summed E-state index contributed by atoms with van der Waals surface area (Å²) in [5, 5.41) is 2.33. The summed E-state index contributed by atoms with van der Waals surface area (Å²) in [6.07, 6.45) is 0.748. The van der Waals surface area contributed by atoms with Crippen LogP contribution in [0, 0.1) is 0 Å². The summed E-state index contributed by atoms with van der Waals surface area (Å²) in [6.45, 7) is 3.73. The highest BCUT2D eigenvalue weighted by Gasteiger charge is 2.29. The Morgan fingerprint density at radius 1 is 1.43 bits per heavy atom. The molecule has 6 heteroatoms. The lowest BCUT2D eigenvalue weighted by Crippen LogP contribution is -2.57. The number of amides is 2. The zero-order chi connectivity index (χ0) is 15.2. The first-order valence-electron chi connectivity index (χ1n) is 7.09. The lowest BCUT2D eigenvalue weighted by molar-refractivity contribution is -0.139. The molecule has 6 nitrogen and oxygen atoms in total. The third-order valence-electron chi connectivity index (χ3n) is 3.53. The molecule has 0 radical (unpaired) electrons. The van der Waals surface area contributed by atoms with Gasteiger partial charge in [-0.3, -0.25) is 19.8 Å². The number of piperazine rings is 1. The van der Waals surface area contributed by atoms with Gasteiger partial charge in [0, 0.05) is 13.1 Å². The molecule has 2 amide bonds. The fourth-order valence-electron chi connectivity index (χ4n) is 2.26. The summed E-state index contributed by atoms with van der Waals surface area (Å²) in [6, 6.07) is 7.39. The van der Waals surface area contributed by atoms with Crippen LogP contribution in [0.2, 0.25) is 0 Å². The molecule has 3 N–H and O–H groups in total. The third kappa shape index (κ3) is 4.27. The van der Waals surface area contributed by atoms with E-state index in [4.69, 9.17) is 10.5 Å². The van der Waals surface area contributed by atoms with Crippen molar-refractivity contribution in [3.05, 3.63) is 29.8 Å². The molecule has 2 rings (SSSR count). The molecule has 114 valence electrons. The largest absolute Gasteiger partial charge is 0.494 e. The summed E-state index contributed by atoms with van der Waals surface area (Å²) in [4.78, 5) is 24.7. The van der Waals surface area contributed by atoms with Crippen molar-refractivity contribution in [3.63, 3.8) is 0 Å². The Morgan fingerprint density at radius 3 is 3.00 bits per heavy atom. The monoisotopic (exact) mass is 291 g/mol. The van der Waals surface area contributed by atoms with Crippen LogP contribution >= 0.6 is 0 Å². The molecule has 1 aromatic rings. The van der Waals surface area contributed by atoms with Gasteiger partial charge in [0.2, 0.25) is 11.8 Å². The van der Waals surface area contributed by atoms with E-state index in [-0.39, 0.29) is 24.4 Å². The van der Waals surface area contributed by atoms with Gasteiger partial charge in [0.1, 0.15) is 5.75 Å². The van der Waals surface area contributed by atoms with Gasteiger partial charge in [0.15, 0.2) is 0 Å². The van der Waals surface area contributed by atoms with E-state index in [1.54, 1.807) is 6.92 Å². The molecule has 0 saturated carbocycles. The molecule has 0 bridgehead atoms. The van der Waals surface area contributed by atoms with Gasteiger partial charge >= 0.3 is 0 Å². The zero-order valence-corrected chi connectivity index (χ0v) is 12.2. The van der Waals surface area contributed by atoms with Gasteiger partial charge in [-0.05, 0) is 31.0 Å². The van der Waals surface area contributed by atoms with E-state index in [9.17, 15) is 9.59 Å². The van der Waals surface area contributed by atoms with E-state index >= 15 is 0 Å². The highest BCUT2D eigenvalue weighted by Crippen LogP contribution is 2.13. The van der Waals surface area contributed by atoms with Crippen molar-refractivity contribution in [3.8, 4) is 5.75 Å². The Bertz CT molecular complexity index is 519. The number of nitrogens with one attached hydrogen (secondary N) is 1. The summed E-state index contributed by atoms with van der Waals surface area (Å²) in [5.41, 5.74) is 6.61. The van der Waals surface area contributed by atoms with E-state index in [2.05, 4.69) is 5.32 Å². The summed E-state index contributed by atoms with van der Waals surface area (Å²) < 4.78 is 5.66. The van der Waals surface area contributed by atoms with Crippen molar-refractivity contribution in [1.82, 2.24) is 10.2 Å². The molecule has 1 aromatic carbocycles. The van der Waals surface area contributed by atoms with Gasteiger partial charge in [0.25, 0.3) is 0 Å². The minimum atomic E-state index is -0.275. The lowest BCUT2D eigenvalue weighted by Gasteiger charge is -2.31. The molecule has 1 heterocycles. The van der Waals surface area contributed by atoms with E-state index in [1.165, 1.54) is 0 Å². The van der Waals surface area contributed by atoms with Crippen LogP contribution in [0.4, 0.5) is 0 Å². The number of benzene rings is 1. The smallest absolute Gasteiger partial charge is 0.243 e. The van der Waals surface area contributed by atoms with Gasteiger partial charge in [-0.15, -0.1) is 0 Å². The molecule has 1 unspecified atom stereocenters. The quantitative estimate of drug-likeness (QED) is 0.580. The molecule has 0 aliphatic carbocycles. The fraction of sp³-hybridized carbons (Fsp3) is 0.467. The SMILES string of the molecule is CC1C(=O)NC(=O)CN1CCCOc1cccc(CN)c1. The third-order valence-corrected chi connectivity index (χ3v) is 3.53. The molecule has 1 atom stereocenters. The van der Waals surface area contributed by atoms with Crippen LogP contribution in [0.1, 0.15) is 18.9 Å². The minimum Gasteiger partial charge on any atom is -0.494 e. The fourth-order valence-corrected chi connectivity index (χ4v) is 2.26. The second-order valence-corrected chi connectivity index (χ2v) is 5.11. The molecule has 1 saturated heterocycles. The van der Waals surface area contributed by atoms with Crippen molar-refractivity contribution in [2.45, 2.75) is 25.9 Å². The van der Waals surface area contributed by atoms with Crippen molar-refractivity contribution >= 4 is 11.8 Å². The van der Waals surface area contributed by atoms with Crippen LogP contribution < -0.4 is 15.8 Å². The van der Waals surface area contributed by atoms with Gasteiger partial charge < -0.3 is 10.5 Å². The van der Waals surface area contributed by atoms with Crippen LogP contribution in [0.5, 0.6) is 5.75 Å². The summed E-state index contributed by atoms with van der Waals surface area (Å²) >= 11 is 0. The van der Waals surface area contributed by atoms with Crippen molar-refractivity contribution < 1.29 is 14.3 Å². The Kier molecular flexibility index (Phi) is 5.30. The van der Waals surface area contributed by atoms with Crippen LogP contribution in [-0.4, -0.2) is 42.5 Å². The summed E-state index contributed by atoms with van der Waals surface area (Å²) in [7, 11) is 0. The first-order valence-corrected chi connectivity index (χ1v) is 7.09. The normalized spacial score (nSPS) is 19.4. The van der Waals surface area contributed by atoms with Crippen molar-refractivity contribution in [2.75, 3.05) is 19.7 Å². The maximum Gasteiger partial charge on any atom is 0.243 e. The second kappa shape index (κ2) is 7.19. The van der Waals surface area contributed by atoms with Gasteiger partial charge in [0.05, 0.1) is 19.2 Å². The maximum atomic E-state index is 11.5. The number of ether oxygens (including phenoxy) is 1. The topological polar surface area (TPSA) is 84.7 Å². The number of hydrogen-bond acceptors (Lipinski definition) is 5. The molecule has 1 aliphatic rings. The minimum absolute atomic E-state index is 0.234. The Hall–Kier alpha value is -1.92. The maximum absolute atomic E-state index is 11.5. The Labute approximate surface area is 124 Å². The predicted octanol–water partition coefficient (Wildman–Crippen LogP) is 0.261. The number of rotatable bonds is 6. The molecule has 1 fully saturated rings. The average Bonchev–Trinajstić information content (AvgIpc) is 2.48. The van der Waals surface area contributed by atoms with Gasteiger partial charge in [-0.2, -0.15) is 0 Å². The van der Waals surface area contributed by atoms with Crippen LogP contribution in [0.15, 0.2) is 24.3 Å². The first-order chi connectivity index (χ1) is 10.1. The van der Waals surface area contributed by atoms with Gasteiger partial charge in [-0.25, -0.2) is 0 Å². The highest BCUT2D eigenvalue weighted by molar-refractivity contribution is 6.00. The van der Waals surface area contributed by atoms with Crippen molar-refractivity contribution in [2.24, 2.45) is 5.73 Å². The predicted molar refractivity (Wildman–Crippen MR) is 78.6 cm³/mol.